The number of nitrogens with zero attached hydrogens (tertiary/aromatic N) is 5. The number of fused-ring (bicyclic) bond motifs is 1. The average Bonchev–Trinajstić information content (AvgIpc) is 3.37. The van der Waals surface area contributed by atoms with Crippen LogP contribution in [0.1, 0.15) is 38.1 Å². The molecule has 5 rings (SSSR count). The summed E-state index contributed by atoms with van der Waals surface area (Å²) in [6.45, 7) is 3.01. The molecule has 32 heavy (non-hydrogen) atoms. The summed E-state index contributed by atoms with van der Waals surface area (Å²) in [6, 6.07) is 4.95. The Bertz CT molecular complexity index is 1230. The Balaban J connectivity index is 1.40. The molecule has 1 aromatic carbocycles. The van der Waals surface area contributed by atoms with Gasteiger partial charge in [0.05, 0.1) is 17.2 Å². The maximum Gasteiger partial charge on any atom is 0.329 e. The Kier molecular flexibility index (Phi) is 5.38. The van der Waals surface area contributed by atoms with Gasteiger partial charge in [-0.2, -0.15) is 0 Å². The van der Waals surface area contributed by atoms with E-state index in [2.05, 4.69) is 20.9 Å². The van der Waals surface area contributed by atoms with Crippen molar-refractivity contribution in [2.24, 2.45) is 13.0 Å². The molecule has 2 fully saturated rings. The third-order valence-corrected chi connectivity index (χ3v) is 6.67. The van der Waals surface area contributed by atoms with Crippen molar-refractivity contribution >= 4 is 22.8 Å². The van der Waals surface area contributed by atoms with Gasteiger partial charge in [0, 0.05) is 25.6 Å². The molecular weight excluding hydrogens is 410 g/mol. The standard InChI is InChI=1S/C22H27N7O3/c1-27-19-12-15(16-13-28(26-25-16)11-8-14-6-9-23-10-7-14)2-3-17(19)29(22(27)32)18-4-5-20(30)24-21(18)31/h2-3,12-14,18,23H,4-11H2,1H3,(H,24,30,31). The number of aromatic nitrogens is 5. The highest BCUT2D eigenvalue weighted by molar-refractivity contribution is 6.00. The van der Waals surface area contributed by atoms with Crippen molar-refractivity contribution < 1.29 is 9.59 Å². The first kappa shape index (κ1) is 20.6. The summed E-state index contributed by atoms with van der Waals surface area (Å²) in [6.07, 6.45) is 5.98. The molecule has 0 radical (unpaired) electrons. The molecule has 10 nitrogen and oxygen atoms in total. The van der Waals surface area contributed by atoms with Crippen molar-refractivity contribution in [1.29, 1.82) is 0 Å². The highest BCUT2D eigenvalue weighted by atomic mass is 16.2. The summed E-state index contributed by atoms with van der Waals surface area (Å²) in [5, 5.41) is 14.3. The minimum absolute atomic E-state index is 0.220. The van der Waals surface area contributed by atoms with E-state index < -0.39 is 11.9 Å². The number of benzene rings is 1. The van der Waals surface area contributed by atoms with Crippen molar-refractivity contribution in [2.75, 3.05) is 13.1 Å². The van der Waals surface area contributed by atoms with Gasteiger partial charge in [0.1, 0.15) is 11.7 Å². The maximum atomic E-state index is 12.9. The zero-order valence-corrected chi connectivity index (χ0v) is 18.1. The van der Waals surface area contributed by atoms with Crippen LogP contribution in [0.15, 0.2) is 29.2 Å². The van der Waals surface area contributed by atoms with Crippen molar-refractivity contribution in [2.45, 2.75) is 44.7 Å². The molecule has 0 saturated carbocycles. The normalized spacial score (nSPS) is 20.1. The molecule has 2 aliphatic heterocycles. The molecule has 2 amide bonds. The number of carbonyl (C=O) groups is 2. The topological polar surface area (TPSA) is 116 Å². The second-order valence-electron chi connectivity index (χ2n) is 8.73. The van der Waals surface area contributed by atoms with Gasteiger partial charge < -0.3 is 5.32 Å². The molecule has 4 heterocycles. The lowest BCUT2D eigenvalue weighted by Gasteiger charge is -2.22. The van der Waals surface area contributed by atoms with Gasteiger partial charge in [-0.3, -0.25) is 28.7 Å². The fourth-order valence-electron chi connectivity index (χ4n) is 4.78. The SMILES string of the molecule is Cn1c(=O)n(C2CCC(=O)NC2=O)c2ccc(-c3cn(CCC4CCNCC4)nn3)cc21. The molecule has 0 spiro atoms. The molecule has 168 valence electrons. The van der Waals surface area contributed by atoms with Crippen LogP contribution in [0.25, 0.3) is 22.3 Å². The first-order chi connectivity index (χ1) is 15.5. The molecule has 10 heteroatoms. The van der Waals surface area contributed by atoms with Gasteiger partial charge in [0.25, 0.3) is 0 Å². The zero-order chi connectivity index (χ0) is 22.2. The first-order valence-electron chi connectivity index (χ1n) is 11.2. The molecule has 0 aliphatic carbocycles. The van der Waals surface area contributed by atoms with Gasteiger partial charge in [-0.25, -0.2) is 4.79 Å². The molecule has 2 saturated heterocycles. The number of carbonyl (C=O) groups excluding carboxylic acids is 2. The monoisotopic (exact) mass is 437 g/mol. The fraction of sp³-hybridized carbons (Fsp3) is 0.500. The van der Waals surface area contributed by atoms with Crippen LogP contribution in [0.3, 0.4) is 0 Å². The van der Waals surface area contributed by atoms with E-state index in [9.17, 15) is 14.4 Å². The quantitative estimate of drug-likeness (QED) is 0.575. The Hall–Kier alpha value is -3.27. The lowest BCUT2D eigenvalue weighted by atomic mass is 9.95. The van der Waals surface area contributed by atoms with E-state index in [1.165, 1.54) is 22.0 Å². The molecule has 3 aromatic rings. The lowest BCUT2D eigenvalue weighted by molar-refractivity contribution is -0.135. The maximum absolute atomic E-state index is 12.9. The fourth-order valence-corrected chi connectivity index (χ4v) is 4.78. The van der Waals surface area contributed by atoms with E-state index in [0.717, 1.165) is 43.2 Å². The van der Waals surface area contributed by atoms with Crippen molar-refractivity contribution in [3.63, 3.8) is 0 Å². The summed E-state index contributed by atoms with van der Waals surface area (Å²) in [5.41, 5.74) is 2.70. The van der Waals surface area contributed by atoms with Gasteiger partial charge >= 0.3 is 5.69 Å². The summed E-state index contributed by atoms with van der Waals surface area (Å²) in [5.74, 6) is -0.0106. The van der Waals surface area contributed by atoms with Crippen LogP contribution in [-0.4, -0.2) is 49.0 Å². The Morgan fingerprint density at radius 3 is 2.69 bits per heavy atom. The third-order valence-electron chi connectivity index (χ3n) is 6.67. The summed E-state index contributed by atoms with van der Waals surface area (Å²) in [7, 11) is 1.69. The van der Waals surface area contributed by atoms with Crippen molar-refractivity contribution in [3.8, 4) is 11.3 Å². The van der Waals surface area contributed by atoms with Crippen LogP contribution >= 0.6 is 0 Å². The van der Waals surface area contributed by atoms with E-state index >= 15 is 0 Å². The Morgan fingerprint density at radius 1 is 1.09 bits per heavy atom. The largest absolute Gasteiger partial charge is 0.329 e. The van der Waals surface area contributed by atoms with E-state index in [0.29, 0.717) is 17.5 Å². The molecule has 2 aliphatic rings. The predicted octanol–water partition coefficient (Wildman–Crippen LogP) is 0.966. The smallest absolute Gasteiger partial charge is 0.317 e. The molecule has 0 bridgehead atoms. The number of piperidine rings is 2. The minimum Gasteiger partial charge on any atom is -0.317 e. The number of nitrogens with one attached hydrogen (secondary N) is 2. The number of rotatable bonds is 5. The second kappa shape index (κ2) is 8.34. The highest BCUT2D eigenvalue weighted by Gasteiger charge is 2.31. The first-order valence-corrected chi connectivity index (χ1v) is 11.2. The van der Waals surface area contributed by atoms with E-state index in [1.807, 2.05) is 29.1 Å². The predicted molar refractivity (Wildman–Crippen MR) is 118 cm³/mol. The van der Waals surface area contributed by atoms with Crippen LogP contribution in [0.4, 0.5) is 0 Å². The van der Waals surface area contributed by atoms with Crippen LogP contribution < -0.4 is 16.3 Å². The Morgan fingerprint density at radius 2 is 1.91 bits per heavy atom. The van der Waals surface area contributed by atoms with Crippen LogP contribution in [0, 0.1) is 5.92 Å². The lowest BCUT2D eigenvalue weighted by Crippen LogP contribution is -2.44. The van der Waals surface area contributed by atoms with Crippen molar-refractivity contribution in [1.82, 2.24) is 34.8 Å². The number of imidazole rings is 1. The van der Waals surface area contributed by atoms with Crippen LogP contribution in [-0.2, 0) is 23.2 Å². The van der Waals surface area contributed by atoms with Crippen molar-refractivity contribution in [3.05, 3.63) is 34.9 Å². The number of hydrogen-bond donors (Lipinski definition) is 2. The molecule has 2 N–H and O–H groups in total. The Labute approximate surface area is 184 Å². The summed E-state index contributed by atoms with van der Waals surface area (Å²) in [4.78, 5) is 36.8. The summed E-state index contributed by atoms with van der Waals surface area (Å²) < 4.78 is 4.90. The highest BCUT2D eigenvalue weighted by Crippen LogP contribution is 2.27. The van der Waals surface area contributed by atoms with E-state index in [-0.39, 0.29) is 18.0 Å². The molecule has 1 unspecified atom stereocenters. The average molecular weight is 438 g/mol. The van der Waals surface area contributed by atoms with Gasteiger partial charge in [0.2, 0.25) is 11.8 Å². The van der Waals surface area contributed by atoms with E-state index in [1.54, 1.807) is 7.05 Å². The number of amides is 2. The van der Waals surface area contributed by atoms with Crippen LogP contribution in [0.5, 0.6) is 0 Å². The number of hydrogen-bond acceptors (Lipinski definition) is 6. The second-order valence-corrected chi connectivity index (χ2v) is 8.73. The third kappa shape index (κ3) is 3.75. The molecule has 2 aromatic heterocycles. The summed E-state index contributed by atoms with van der Waals surface area (Å²) >= 11 is 0. The zero-order valence-electron chi connectivity index (χ0n) is 18.1. The van der Waals surface area contributed by atoms with Gasteiger partial charge in [0.15, 0.2) is 0 Å². The van der Waals surface area contributed by atoms with Crippen LogP contribution in [0.2, 0.25) is 0 Å². The minimum atomic E-state index is -0.689. The molecule has 1 atom stereocenters. The van der Waals surface area contributed by atoms with Gasteiger partial charge in [-0.05, 0) is 56.8 Å². The van der Waals surface area contributed by atoms with Gasteiger partial charge in [-0.1, -0.05) is 11.3 Å². The van der Waals surface area contributed by atoms with Gasteiger partial charge in [-0.15, -0.1) is 5.10 Å². The number of aryl methyl sites for hydroxylation is 2. The molecular formula is C22H27N7O3. The van der Waals surface area contributed by atoms with E-state index in [4.69, 9.17) is 0 Å². The number of imide groups is 1.